The molecule has 1 N–H and O–H groups in total. The minimum absolute atomic E-state index is 0.0854. The van der Waals surface area contributed by atoms with Crippen LogP contribution in [-0.4, -0.2) is 42.4 Å². The second-order valence-electron chi connectivity index (χ2n) is 7.88. The molecule has 0 bridgehead atoms. The van der Waals surface area contributed by atoms with Crippen molar-refractivity contribution >= 4 is 6.09 Å². The molecular weight excluding hydrogens is 338 g/mol. The Kier molecular flexibility index (Phi) is 4.92. The van der Waals surface area contributed by atoms with Crippen molar-refractivity contribution in [2.24, 2.45) is 5.41 Å². The van der Waals surface area contributed by atoms with Gasteiger partial charge < -0.3 is 14.7 Å². The van der Waals surface area contributed by atoms with Crippen molar-refractivity contribution in [3.05, 3.63) is 59.7 Å². The Morgan fingerprint density at radius 1 is 1.15 bits per heavy atom. The van der Waals surface area contributed by atoms with E-state index in [4.69, 9.17) is 4.74 Å². The topological polar surface area (TPSA) is 49.8 Å². The number of ether oxygens (including phenoxy) is 1. The highest BCUT2D eigenvalue weighted by molar-refractivity contribution is 5.79. The molecule has 27 heavy (non-hydrogen) atoms. The number of amides is 1. The summed E-state index contributed by atoms with van der Waals surface area (Å²) in [5, 5.41) is 9.79. The molecule has 0 radical (unpaired) electrons. The van der Waals surface area contributed by atoms with Crippen molar-refractivity contribution in [1.82, 2.24) is 4.90 Å². The summed E-state index contributed by atoms with van der Waals surface area (Å²) < 4.78 is 5.74. The fourth-order valence-corrected chi connectivity index (χ4v) is 4.72. The zero-order valence-corrected chi connectivity index (χ0v) is 15.9. The molecule has 0 spiro atoms. The molecule has 1 atom stereocenters. The third-order valence-corrected chi connectivity index (χ3v) is 6.15. The molecule has 2 aliphatic rings. The molecule has 4 heteroatoms. The second-order valence-corrected chi connectivity index (χ2v) is 7.88. The lowest BCUT2D eigenvalue weighted by Crippen LogP contribution is -2.35. The van der Waals surface area contributed by atoms with Crippen LogP contribution < -0.4 is 0 Å². The van der Waals surface area contributed by atoms with Crippen LogP contribution in [0, 0.1) is 5.41 Å². The van der Waals surface area contributed by atoms with Crippen LogP contribution in [0.4, 0.5) is 4.79 Å². The maximum absolute atomic E-state index is 12.7. The normalized spacial score (nSPS) is 21.2. The number of aliphatic hydroxyl groups excluding tert-OH is 1. The summed E-state index contributed by atoms with van der Waals surface area (Å²) in [5.74, 6) is 0.0854. The summed E-state index contributed by atoms with van der Waals surface area (Å²) in [6.07, 6.45) is 2.54. The van der Waals surface area contributed by atoms with Crippen molar-refractivity contribution < 1.29 is 14.6 Å². The molecule has 1 aliphatic heterocycles. The van der Waals surface area contributed by atoms with E-state index in [1.54, 1.807) is 4.90 Å². The molecule has 4 rings (SSSR count). The maximum Gasteiger partial charge on any atom is 0.409 e. The van der Waals surface area contributed by atoms with Crippen molar-refractivity contribution in [1.29, 1.82) is 0 Å². The Morgan fingerprint density at radius 3 is 2.37 bits per heavy atom. The van der Waals surface area contributed by atoms with Crippen LogP contribution in [0.25, 0.3) is 11.1 Å². The Morgan fingerprint density at radius 2 is 1.78 bits per heavy atom. The van der Waals surface area contributed by atoms with E-state index < -0.39 is 0 Å². The summed E-state index contributed by atoms with van der Waals surface area (Å²) in [6.45, 7) is 3.86. The lowest BCUT2D eigenvalue weighted by molar-refractivity contribution is 0.0894. The van der Waals surface area contributed by atoms with Gasteiger partial charge in [-0.2, -0.15) is 0 Å². The van der Waals surface area contributed by atoms with Gasteiger partial charge in [0.25, 0.3) is 0 Å². The lowest BCUT2D eigenvalue weighted by Gasteiger charge is -2.26. The van der Waals surface area contributed by atoms with E-state index in [1.807, 2.05) is 12.1 Å². The number of fused-ring (bicyclic) bond motifs is 3. The zero-order valence-electron chi connectivity index (χ0n) is 15.9. The van der Waals surface area contributed by atoms with Gasteiger partial charge in [0.05, 0.1) is 6.61 Å². The van der Waals surface area contributed by atoms with Crippen LogP contribution in [0.2, 0.25) is 0 Å². The van der Waals surface area contributed by atoms with Gasteiger partial charge in [-0.3, -0.25) is 0 Å². The van der Waals surface area contributed by atoms with Crippen LogP contribution >= 0.6 is 0 Å². The Hall–Kier alpha value is -2.33. The van der Waals surface area contributed by atoms with Crippen LogP contribution in [0.3, 0.4) is 0 Å². The van der Waals surface area contributed by atoms with Gasteiger partial charge in [-0.1, -0.05) is 61.9 Å². The second kappa shape index (κ2) is 7.35. The average Bonchev–Trinajstić information content (AvgIpc) is 3.27. The predicted molar refractivity (Wildman–Crippen MR) is 106 cm³/mol. The van der Waals surface area contributed by atoms with Gasteiger partial charge in [0.2, 0.25) is 0 Å². The first kappa shape index (κ1) is 18.1. The van der Waals surface area contributed by atoms with Crippen LogP contribution in [0.5, 0.6) is 0 Å². The highest BCUT2D eigenvalue weighted by Gasteiger charge is 2.39. The summed E-state index contributed by atoms with van der Waals surface area (Å²) in [6, 6.07) is 16.7. The first-order chi connectivity index (χ1) is 13.2. The largest absolute Gasteiger partial charge is 0.448 e. The number of likely N-dealkylation sites (tertiary alicyclic amines) is 1. The number of carbonyl (C=O) groups is 1. The van der Waals surface area contributed by atoms with E-state index in [9.17, 15) is 9.90 Å². The number of hydrogen-bond acceptors (Lipinski definition) is 3. The molecule has 142 valence electrons. The molecule has 2 aromatic carbocycles. The van der Waals surface area contributed by atoms with Gasteiger partial charge in [0.15, 0.2) is 0 Å². The summed E-state index contributed by atoms with van der Waals surface area (Å²) >= 11 is 0. The molecule has 1 amide bonds. The number of carbonyl (C=O) groups excluding carboxylic acids is 1. The van der Waals surface area contributed by atoms with E-state index >= 15 is 0 Å². The van der Waals surface area contributed by atoms with Crippen LogP contribution in [-0.2, 0) is 4.74 Å². The number of nitrogens with zero attached hydrogens (tertiary/aromatic N) is 1. The molecule has 1 saturated heterocycles. The fraction of sp³-hybridized carbons (Fsp3) is 0.435. The van der Waals surface area contributed by atoms with E-state index in [1.165, 1.54) is 22.3 Å². The molecule has 1 heterocycles. The molecule has 1 aliphatic carbocycles. The molecule has 1 fully saturated rings. The van der Waals surface area contributed by atoms with Crippen molar-refractivity contribution in [2.45, 2.75) is 32.1 Å². The zero-order chi connectivity index (χ0) is 18.9. The Labute approximate surface area is 160 Å². The van der Waals surface area contributed by atoms with Gasteiger partial charge in [0, 0.05) is 24.4 Å². The summed E-state index contributed by atoms with van der Waals surface area (Å²) in [5.41, 5.74) is 4.77. The van der Waals surface area contributed by atoms with Gasteiger partial charge >= 0.3 is 6.09 Å². The third-order valence-electron chi connectivity index (χ3n) is 6.15. The quantitative estimate of drug-likeness (QED) is 0.853. The molecule has 4 nitrogen and oxygen atoms in total. The fourth-order valence-electron chi connectivity index (χ4n) is 4.72. The first-order valence-electron chi connectivity index (χ1n) is 9.88. The molecule has 2 aromatic rings. The smallest absolute Gasteiger partial charge is 0.409 e. The highest BCUT2D eigenvalue weighted by Crippen LogP contribution is 2.44. The monoisotopic (exact) mass is 365 g/mol. The van der Waals surface area contributed by atoms with E-state index in [0.29, 0.717) is 19.7 Å². The number of hydrogen-bond donors (Lipinski definition) is 1. The summed E-state index contributed by atoms with van der Waals surface area (Å²) in [7, 11) is 0. The van der Waals surface area contributed by atoms with Crippen LogP contribution in [0.15, 0.2) is 48.5 Å². The molecule has 1 unspecified atom stereocenters. The molecular formula is C23H27NO3. The maximum atomic E-state index is 12.7. The third kappa shape index (κ3) is 3.23. The van der Waals surface area contributed by atoms with Crippen molar-refractivity contribution in [3.63, 3.8) is 0 Å². The van der Waals surface area contributed by atoms with Crippen molar-refractivity contribution in [3.8, 4) is 11.1 Å². The number of benzene rings is 2. The summed E-state index contributed by atoms with van der Waals surface area (Å²) in [4.78, 5) is 14.4. The van der Waals surface area contributed by atoms with Gasteiger partial charge in [-0.05, 0) is 35.1 Å². The molecule has 0 aromatic heterocycles. The SMILES string of the molecule is CCCC1(CO)CCN(C(=O)OCC2c3ccccc3-c3ccccc32)C1. The minimum Gasteiger partial charge on any atom is -0.448 e. The van der Waals surface area contributed by atoms with E-state index in [-0.39, 0.29) is 24.0 Å². The van der Waals surface area contributed by atoms with Gasteiger partial charge in [0.1, 0.15) is 6.61 Å². The minimum atomic E-state index is -0.261. The van der Waals surface area contributed by atoms with E-state index in [2.05, 4.69) is 43.3 Å². The highest BCUT2D eigenvalue weighted by atomic mass is 16.6. The van der Waals surface area contributed by atoms with Crippen LogP contribution in [0.1, 0.15) is 43.2 Å². The Balaban J connectivity index is 1.46. The lowest BCUT2D eigenvalue weighted by atomic mass is 9.83. The van der Waals surface area contributed by atoms with E-state index in [0.717, 1.165) is 19.3 Å². The first-order valence-corrected chi connectivity index (χ1v) is 9.88. The van der Waals surface area contributed by atoms with Gasteiger partial charge in [-0.25, -0.2) is 4.79 Å². The predicted octanol–water partition coefficient (Wildman–Crippen LogP) is 4.42. The van der Waals surface area contributed by atoms with Gasteiger partial charge in [-0.15, -0.1) is 0 Å². The number of aliphatic hydroxyl groups is 1. The van der Waals surface area contributed by atoms with Crippen molar-refractivity contribution in [2.75, 3.05) is 26.3 Å². The standard InChI is InChI=1S/C23H27NO3/c1-2-11-23(16-25)12-13-24(15-23)22(26)27-14-21-19-9-5-3-7-17(19)18-8-4-6-10-20(18)21/h3-10,21,25H,2,11-16H2,1H3. The average molecular weight is 365 g/mol. The Bertz CT molecular complexity index is 788. The molecule has 0 saturated carbocycles. The number of rotatable bonds is 5.